The summed E-state index contributed by atoms with van der Waals surface area (Å²) in [6.07, 6.45) is 0.863. The molecule has 2 aromatic rings. The van der Waals surface area contributed by atoms with E-state index in [0.717, 1.165) is 22.3 Å². The SMILES string of the molecule is Cc1nn(C)c(C)c1C(Cc1sccc1Br)NN. The topological polar surface area (TPSA) is 55.9 Å². The molecule has 0 amide bonds. The second-order valence-corrected chi connectivity index (χ2v) is 6.18. The maximum atomic E-state index is 5.72. The molecular weight excluding hydrogens is 312 g/mol. The fourth-order valence-electron chi connectivity index (χ4n) is 2.19. The number of hydrogen-bond donors (Lipinski definition) is 2. The first kappa shape index (κ1) is 13.7. The number of thiophene rings is 1. The maximum Gasteiger partial charge on any atom is 0.0644 e. The van der Waals surface area contributed by atoms with Crippen molar-refractivity contribution in [3.05, 3.63) is 37.7 Å². The molecule has 0 fully saturated rings. The summed E-state index contributed by atoms with van der Waals surface area (Å²) in [7, 11) is 1.96. The molecular formula is C12H17BrN4S. The van der Waals surface area contributed by atoms with Crippen LogP contribution in [0.2, 0.25) is 0 Å². The lowest BCUT2D eigenvalue weighted by atomic mass is 10.0. The lowest BCUT2D eigenvalue weighted by Crippen LogP contribution is -2.30. The van der Waals surface area contributed by atoms with E-state index in [-0.39, 0.29) is 6.04 Å². The van der Waals surface area contributed by atoms with E-state index in [9.17, 15) is 0 Å². The normalized spacial score (nSPS) is 12.9. The molecule has 2 heterocycles. The Bertz CT molecular complexity index is 546. The number of nitrogens with zero attached hydrogens (tertiary/aromatic N) is 2. The zero-order chi connectivity index (χ0) is 13.3. The summed E-state index contributed by atoms with van der Waals surface area (Å²) in [6.45, 7) is 4.10. The van der Waals surface area contributed by atoms with Crippen molar-refractivity contribution in [2.24, 2.45) is 12.9 Å². The largest absolute Gasteiger partial charge is 0.272 e. The zero-order valence-electron chi connectivity index (χ0n) is 10.7. The van der Waals surface area contributed by atoms with Crippen molar-refractivity contribution < 1.29 is 0 Å². The van der Waals surface area contributed by atoms with Gasteiger partial charge in [0.15, 0.2) is 0 Å². The maximum absolute atomic E-state index is 5.72. The molecule has 0 bridgehead atoms. The van der Waals surface area contributed by atoms with E-state index >= 15 is 0 Å². The Morgan fingerprint density at radius 1 is 1.56 bits per heavy atom. The van der Waals surface area contributed by atoms with Crippen LogP contribution < -0.4 is 11.3 Å². The Labute approximate surface area is 119 Å². The number of hydrogen-bond acceptors (Lipinski definition) is 4. The van der Waals surface area contributed by atoms with Gasteiger partial charge < -0.3 is 0 Å². The van der Waals surface area contributed by atoms with E-state index in [1.54, 1.807) is 11.3 Å². The van der Waals surface area contributed by atoms with E-state index in [1.165, 1.54) is 10.4 Å². The Kier molecular flexibility index (Phi) is 4.21. The lowest BCUT2D eigenvalue weighted by Gasteiger charge is -2.16. The average molecular weight is 329 g/mol. The second kappa shape index (κ2) is 5.52. The van der Waals surface area contributed by atoms with Gasteiger partial charge in [-0.25, -0.2) is 0 Å². The number of aryl methyl sites for hydroxylation is 2. The van der Waals surface area contributed by atoms with Crippen LogP contribution in [0.1, 0.15) is 27.9 Å². The summed E-state index contributed by atoms with van der Waals surface area (Å²) >= 11 is 5.30. The van der Waals surface area contributed by atoms with Crippen LogP contribution in [0.15, 0.2) is 15.9 Å². The molecule has 18 heavy (non-hydrogen) atoms. The minimum atomic E-state index is 0.0913. The van der Waals surface area contributed by atoms with Crippen molar-refractivity contribution in [1.29, 1.82) is 0 Å². The van der Waals surface area contributed by atoms with Crippen LogP contribution in [0.3, 0.4) is 0 Å². The minimum absolute atomic E-state index is 0.0913. The third-order valence-corrected chi connectivity index (χ3v) is 5.14. The predicted octanol–water partition coefficient (Wildman–Crippen LogP) is 2.61. The number of rotatable bonds is 4. The van der Waals surface area contributed by atoms with Crippen molar-refractivity contribution in [3.8, 4) is 0 Å². The number of nitrogens with two attached hydrogens (primary N) is 1. The van der Waals surface area contributed by atoms with Gasteiger partial charge >= 0.3 is 0 Å². The van der Waals surface area contributed by atoms with Gasteiger partial charge in [-0.3, -0.25) is 16.0 Å². The quantitative estimate of drug-likeness (QED) is 0.670. The van der Waals surface area contributed by atoms with E-state index in [2.05, 4.69) is 44.8 Å². The number of halogens is 1. The lowest BCUT2D eigenvalue weighted by molar-refractivity contribution is 0.548. The highest BCUT2D eigenvalue weighted by molar-refractivity contribution is 9.10. The molecule has 0 radical (unpaired) electrons. The van der Waals surface area contributed by atoms with Gasteiger partial charge in [-0.15, -0.1) is 11.3 Å². The number of nitrogens with one attached hydrogen (secondary N) is 1. The van der Waals surface area contributed by atoms with E-state index in [1.807, 2.05) is 18.7 Å². The standard InChI is InChI=1S/C12H17BrN4S/c1-7-12(8(2)17(3)16-7)10(15-14)6-11-9(13)4-5-18-11/h4-5,10,15H,6,14H2,1-3H3. The fraction of sp³-hybridized carbons (Fsp3) is 0.417. The summed E-state index contributed by atoms with van der Waals surface area (Å²) in [5.41, 5.74) is 6.29. The third kappa shape index (κ3) is 2.51. The Morgan fingerprint density at radius 2 is 2.28 bits per heavy atom. The smallest absolute Gasteiger partial charge is 0.0644 e. The first-order valence-corrected chi connectivity index (χ1v) is 7.40. The predicted molar refractivity (Wildman–Crippen MR) is 78.5 cm³/mol. The molecule has 0 aromatic carbocycles. The Balaban J connectivity index is 2.31. The zero-order valence-corrected chi connectivity index (χ0v) is 13.1. The molecule has 1 unspecified atom stereocenters. The van der Waals surface area contributed by atoms with E-state index < -0.39 is 0 Å². The third-order valence-electron chi connectivity index (χ3n) is 3.20. The highest BCUT2D eigenvalue weighted by atomic mass is 79.9. The summed E-state index contributed by atoms with van der Waals surface area (Å²) in [6, 6.07) is 2.16. The molecule has 6 heteroatoms. The molecule has 2 aromatic heterocycles. The van der Waals surface area contributed by atoms with Gasteiger partial charge in [-0.1, -0.05) is 0 Å². The monoisotopic (exact) mass is 328 g/mol. The first-order valence-electron chi connectivity index (χ1n) is 5.72. The van der Waals surface area contributed by atoms with Crippen LogP contribution in [0, 0.1) is 13.8 Å². The highest BCUT2D eigenvalue weighted by Crippen LogP contribution is 2.30. The van der Waals surface area contributed by atoms with Crippen molar-refractivity contribution in [2.75, 3.05) is 0 Å². The summed E-state index contributed by atoms with van der Waals surface area (Å²) in [4.78, 5) is 1.29. The van der Waals surface area contributed by atoms with Crippen molar-refractivity contribution in [1.82, 2.24) is 15.2 Å². The van der Waals surface area contributed by atoms with Gasteiger partial charge in [0.2, 0.25) is 0 Å². The molecule has 98 valence electrons. The van der Waals surface area contributed by atoms with Crippen LogP contribution in [0.5, 0.6) is 0 Å². The molecule has 0 aliphatic carbocycles. The van der Waals surface area contributed by atoms with Crippen LogP contribution >= 0.6 is 27.3 Å². The fourth-order valence-corrected chi connectivity index (χ4v) is 3.76. The summed E-state index contributed by atoms with van der Waals surface area (Å²) < 4.78 is 3.05. The van der Waals surface area contributed by atoms with Crippen LogP contribution in [-0.2, 0) is 13.5 Å². The van der Waals surface area contributed by atoms with Crippen molar-refractivity contribution >= 4 is 27.3 Å². The minimum Gasteiger partial charge on any atom is -0.272 e. The molecule has 0 aliphatic heterocycles. The Hall–Kier alpha value is -0.690. The summed E-state index contributed by atoms with van der Waals surface area (Å²) in [5, 5.41) is 6.52. The van der Waals surface area contributed by atoms with Crippen molar-refractivity contribution in [3.63, 3.8) is 0 Å². The summed E-state index contributed by atoms with van der Waals surface area (Å²) in [5.74, 6) is 5.72. The van der Waals surface area contributed by atoms with E-state index in [4.69, 9.17) is 5.84 Å². The number of aromatic nitrogens is 2. The molecule has 0 saturated carbocycles. The van der Waals surface area contributed by atoms with Gasteiger partial charge in [0.05, 0.1) is 11.7 Å². The molecule has 0 spiro atoms. The van der Waals surface area contributed by atoms with Gasteiger partial charge in [-0.2, -0.15) is 5.10 Å². The van der Waals surface area contributed by atoms with Gasteiger partial charge in [0.25, 0.3) is 0 Å². The molecule has 4 nitrogen and oxygen atoms in total. The molecule has 2 rings (SSSR count). The van der Waals surface area contributed by atoms with Gasteiger partial charge in [0.1, 0.15) is 0 Å². The van der Waals surface area contributed by atoms with Crippen molar-refractivity contribution in [2.45, 2.75) is 26.3 Å². The second-order valence-electron chi connectivity index (χ2n) is 4.32. The highest BCUT2D eigenvalue weighted by Gasteiger charge is 2.20. The first-order chi connectivity index (χ1) is 8.54. The molecule has 1 atom stereocenters. The van der Waals surface area contributed by atoms with Gasteiger partial charge in [-0.05, 0) is 41.2 Å². The number of hydrazine groups is 1. The van der Waals surface area contributed by atoms with Crippen LogP contribution in [0.25, 0.3) is 0 Å². The Morgan fingerprint density at radius 3 is 2.72 bits per heavy atom. The van der Waals surface area contributed by atoms with Crippen LogP contribution in [0.4, 0.5) is 0 Å². The molecule has 0 saturated heterocycles. The average Bonchev–Trinajstić information content (AvgIpc) is 2.83. The molecule has 3 N–H and O–H groups in total. The molecule has 0 aliphatic rings. The van der Waals surface area contributed by atoms with Crippen LogP contribution in [-0.4, -0.2) is 9.78 Å². The van der Waals surface area contributed by atoms with Gasteiger partial charge in [0, 0.05) is 34.1 Å². The van der Waals surface area contributed by atoms with E-state index in [0.29, 0.717) is 0 Å².